The van der Waals surface area contributed by atoms with E-state index in [0.717, 1.165) is 21.5 Å². The van der Waals surface area contributed by atoms with E-state index in [1.165, 1.54) is 0 Å². The lowest BCUT2D eigenvalue weighted by molar-refractivity contribution is 0.210. The normalized spacial score (nSPS) is 10.3. The molecule has 0 fully saturated rings. The Labute approximate surface area is 137 Å². The van der Waals surface area contributed by atoms with Crippen LogP contribution in [0.15, 0.2) is 40.9 Å². The summed E-state index contributed by atoms with van der Waals surface area (Å²) in [5, 5.41) is 0.662. The Hall–Kier alpha value is -1.39. The Bertz CT molecular complexity index is 616. The van der Waals surface area contributed by atoms with Crippen LogP contribution in [0.5, 0.6) is 17.2 Å². The van der Waals surface area contributed by atoms with Gasteiger partial charge in [-0.05, 0) is 58.7 Å². The predicted molar refractivity (Wildman–Crippen MR) is 87.9 cm³/mol. The maximum atomic E-state index is 5.88. The summed E-state index contributed by atoms with van der Waals surface area (Å²) < 4.78 is 17.4. The van der Waals surface area contributed by atoms with Crippen LogP contribution in [0.1, 0.15) is 5.56 Å². The monoisotopic (exact) mass is 370 g/mol. The minimum Gasteiger partial charge on any atom is -0.493 e. The van der Waals surface area contributed by atoms with Crippen LogP contribution in [0.4, 0.5) is 0 Å². The molecule has 0 aliphatic carbocycles. The Morgan fingerprint density at radius 3 is 2.29 bits per heavy atom. The molecule has 0 heterocycles. The molecule has 0 unspecified atom stereocenters. The molecule has 0 saturated heterocycles. The van der Waals surface area contributed by atoms with Gasteiger partial charge >= 0.3 is 0 Å². The summed E-state index contributed by atoms with van der Waals surface area (Å²) in [7, 11) is 1.63. The summed E-state index contributed by atoms with van der Waals surface area (Å²) in [6.07, 6.45) is 0. The fourth-order valence-electron chi connectivity index (χ4n) is 1.79. The standard InChI is InChI=1S/C16H16BrClO3/c1-11-3-5-15(16(9-11)19-2)21-8-7-20-14-6-4-12(18)10-13(14)17/h3-6,9-10H,7-8H2,1-2H3. The molecule has 2 rings (SSSR count). The maximum Gasteiger partial charge on any atom is 0.161 e. The minimum absolute atomic E-state index is 0.425. The van der Waals surface area contributed by atoms with Gasteiger partial charge in [-0.25, -0.2) is 0 Å². The lowest BCUT2D eigenvalue weighted by atomic mass is 10.2. The van der Waals surface area contributed by atoms with E-state index in [1.54, 1.807) is 19.2 Å². The quantitative estimate of drug-likeness (QED) is 0.678. The molecule has 0 amide bonds. The lowest BCUT2D eigenvalue weighted by Gasteiger charge is -2.12. The Kier molecular flexibility index (Phi) is 5.76. The molecule has 0 aliphatic rings. The van der Waals surface area contributed by atoms with Crippen molar-refractivity contribution < 1.29 is 14.2 Å². The molecule has 2 aromatic rings. The average Bonchev–Trinajstić information content (AvgIpc) is 2.46. The second kappa shape index (κ2) is 7.57. The van der Waals surface area contributed by atoms with Crippen molar-refractivity contribution in [2.75, 3.05) is 20.3 Å². The number of ether oxygens (including phenoxy) is 3. The molecule has 0 aliphatic heterocycles. The first-order valence-electron chi connectivity index (χ1n) is 6.45. The summed E-state index contributed by atoms with van der Waals surface area (Å²) in [4.78, 5) is 0. The van der Waals surface area contributed by atoms with Crippen LogP contribution in [0.3, 0.4) is 0 Å². The minimum atomic E-state index is 0.425. The van der Waals surface area contributed by atoms with Crippen molar-refractivity contribution in [2.24, 2.45) is 0 Å². The van der Waals surface area contributed by atoms with Crippen molar-refractivity contribution in [3.63, 3.8) is 0 Å². The van der Waals surface area contributed by atoms with Crippen molar-refractivity contribution >= 4 is 27.5 Å². The first-order chi connectivity index (χ1) is 10.1. The van der Waals surface area contributed by atoms with Gasteiger partial charge in [0.05, 0.1) is 11.6 Å². The Balaban J connectivity index is 1.87. The van der Waals surface area contributed by atoms with Gasteiger partial charge in [0.2, 0.25) is 0 Å². The zero-order valence-corrected chi connectivity index (χ0v) is 14.2. The molecule has 5 heteroatoms. The van der Waals surface area contributed by atoms with Crippen molar-refractivity contribution in [1.29, 1.82) is 0 Å². The second-order valence-electron chi connectivity index (χ2n) is 4.43. The van der Waals surface area contributed by atoms with E-state index in [9.17, 15) is 0 Å². The number of methoxy groups -OCH3 is 1. The van der Waals surface area contributed by atoms with E-state index in [-0.39, 0.29) is 0 Å². The molecule has 0 saturated carbocycles. The fraction of sp³-hybridized carbons (Fsp3) is 0.250. The van der Waals surface area contributed by atoms with Crippen molar-refractivity contribution in [3.05, 3.63) is 51.5 Å². The number of aryl methyl sites for hydroxylation is 1. The van der Waals surface area contributed by atoms with E-state index < -0.39 is 0 Å². The van der Waals surface area contributed by atoms with Crippen LogP contribution in [-0.2, 0) is 0 Å². The van der Waals surface area contributed by atoms with Crippen LogP contribution < -0.4 is 14.2 Å². The third-order valence-electron chi connectivity index (χ3n) is 2.81. The van der Waals surface area contributed by atoms with E-state index in [4.69, 9.17) is 25.8 Å². The van der Waals surface area contributed by atoms with Crippen molar-refractivity contribution in [3.8, 4) is 17.2 Å². The molecule has 3 nitrogen and oxygen atoms in total. The number of rotatable bonds is 6. The lowest BCUT2D eigenvalue weighted by Crippen LogP contribution is -2.09. The van der Waals surface area contributed by atoms with Gasteiger partial charge in [0.25, 0.3) is 0 Å². The smallest absolute Gasteiger partial charge is 0.161 e. The predicted octanol–water partition coefficient (Wildman–Crippen LogP) is 4.88. The Morgan fingerprint density at radius 2 is 1.62 bits per heavy atom. The number of halogens is 2. The van der Waals surface area contributed by atoms with Gasteiger partial charge < -0.3 is 14.2 Å². The van der Waals surface area contributed by atoms with E-state index in [2.05, 4.69) is 15.9 Å². The van der Waals surface area contributed by atoms with Crippen LogP contribution >= 0.6 is 27.5 Å². The fourth-order valence-corrected chi connectivity index (χ4v) is 2.59. The van der Waals surface area contributed by atoms with E-state index in [1.807, 2.05) is 31.2 Å². The topological polar surface area (TPSA) is 27.7 Å². The van der Waals surface area contributed by atoms with Gasteiger partial charge in [0, 0.05) is 5.02 Å². The Morgan fingerprint density at radius 1 is 0.952 bits per heavy atom. The summed E-state index contributed by atoms with van der Waals surface area (Å²) in [5.74, 6) is 2.17. The summed E-state index contributed by atoms with van der Waals surface area (Å²) >= 11 is 9.28. The second-order valence-corrected chi connectivity index (χ2v) is 5.72. The molecular weight excluding hydrogens is 356 g/mol. The average molecular weight is 372 g/mol. The van der Waals surface area contributed by atoms with E-state index in [0.29, 0.717) is 24.0 Å². The first kappa shape index (κ1) is 16.0. The third kappa shape index (κ3) is 4.55. The van der Waals surface area contributed by atoms with Gasteiger partial charge in [-0.15, -0.1) is 0 Å². The highest BCUT2D eigenvalue weighted by atomic mass is 79.9. The van der Waals surface area contributed by atoms with Gasteiger partial charge in [-0.1, -0.05) is 17.7 Å². The van der Waals surface area contributed by atoms with Crippen LogP contribution in [0.25, 0.3) is 0 Å². The van der Waals surface area contributed by atoms with Gasteiger partial charge in [0.1, 0.15) is 19.0 Å². The molecule has 0 spiro atoms. The zero-order valence-electron chi connectivity index (χ0n) is 11.9. The first-order valence-corrected chi connectivity index (χ1v) is 7.62. The molecule has 2 aromatic carbocycles. The van der Waals surface area contributed by atoms with Crippen molar-refractivity contribution in [1.82, 2.24) is 0 Å². The molecule has 0 aromatic heterocycles. The van der Waals surface area contributed by atoms with Gasteiger partial charge in [-0.3, -0.25) is 0 Å². The molecule has 0 atom stereocenters. The van der Waals surface area contributed by atoms with Gasteiger partial charge in [0.15, 0.2) is 11.5 Å². The van der Waals surface area contributed by atoms with Crippen molar-refractivity contribution in [2.45, 2.75) is 6.92 Å². The van der Waals surface area contributed by atoms with Crippen LogP contribution in [0, 0.1) is 6.92 Å². The molecule has 21 heavy (non-hydrogen) atoms. The summed E-state index contributed by atoms with van der Waals surface area (Å²) in [6.45, 7) is 2.86. The maximum absolute atomic E-state index is 5.88. The van der Waals surface area contributed by atoms with Gasteiger partial charge in [-0.2, -0.15) is 0 Å². The largest absolute Gasteiger partial charge is 0.493 e. The highest BCUT2D eigenvalue weighted by Crippen LogP contribution is 2.29. The molecule has 0 bridgehead atoms. The zero-order chi connectivity index (χ0) is 15.2. The molecule has 0 radical (unpaired) electrons. The van der Waals surface area contributed by atoms with Crippen LogP contribution in [0.2, 0.25) is 5.02 Å². The van der Waals surface area contributed by atoms with E-state index >= 15 is 0 Å². The molecule has 112 valence electrons. The molecular formula is C16H16BrClO3. The summed E-state index contributed by atoms with van der Waals surface area (Å²) in [6, 6.07) is 11.2. The molecule has 0 N–H and O–H groups in total. The number of benzene rings is 2. The highest BCUT2D eigenvalue weighted by molar-refractivity contribution is 9.10. The highest BCUT2D eigenvalue weighted by Gasteiger charge is 2.05. The summed E-state index contributed by atoms with van der Waals surface area (Å²) in [5.41, 5.74) is 1.13. The SMILES string of the molecule is COc1cc(C)ccc1OCCOc1ccc(Cl)cc1Br. The number of hydrogen-bond donors (Lipinski definition) is 0. The third-order valence-corrected chi connectivity index (χ3v) is 3.67. The van der Waals surface area contributed by atoms with Crippen LogP contribution in [-0.4, -0.2) is 20.3 Å². The number of hydrogen-bond acceptors (Lipinski definition) is 3.